The quantitative estimate of drug-likeness (QED) is 0.394. The second-order valence-corrected chi connectivity index (χ2v) is 6.78. The molecule has 0 unspecified atom stereocenters. The Labute approximate surface area is 179 Å². The van der Waals surface area contributed by atoms with Gasteiger partial charge < -0.3 is 0 Å². The van der Waals surface area contributed by atoms with Crippen molar-refractivity contribution in [2.24, 2.45) is 0 Å². The van der Waals surface area contributed by atoms with Crippen LogP contribution in [0.3, 0.4) is 0 Å². The molecule has 2 heteroatoms. The lowest BCUT2D eigenvalue weighted by Crippen LogP contribution is -1.82. The Morgan fingerprint density at radius 2 is 1.00 bits per heavy atom. The molecule has 0 spiro atoms. The van der Waals surface area contributed by atoms with Crippen LogP contribution in [0.5, 0.6) is 0 Å². The molecule has 0 amide bonds. The van der Waals surface area contributed by atoms with Crippen molar-refractivity contribution in [3.63, 3.8) is 0 Å². The van der Waals surface area contributed by atoms with E-state index in [0.717, 1.165) is 27.8 Å². The summed E-state index contributed by atoms with van der Waals surface area (Å²) in [5.74, 6) is 0. The number of pyridine rings is 2. The van der Waals surface area contributed by atoms with Crippen molar-refractivity contribution in [1.82, 2.24) is 9.97 Å². The van der Waals surface area contributed by atoms with Crippen LogP contribution in [-0.4, -0.2) is 9.97 Å². The molecule has 148 valence electrons. The Morgan fingerprint density at radius 3 is 1.43 bits per heavy atom. The van der Waals surface area contributed by atoms with Crippen molar-refractivity contribution in [2.75, 3.05) is 0 Å². The molecule has 3 rings (SSSR count). The first-order chi connectivity index (χ1) is 14.8. The third kappa shape index (κ3) is 6.68. The molecule has 0 atom stereocenters. The monoisotopic (exact) mass is 390 g/mol. The Morgan fingerprint density at radius 1 is 0.567 bits per heavy atom. The highest BCUT2D eigenvalue weighted by molar-refractivity contribution is 5.76. The molecule has 3 aromatic rings. The van der Waals surface area contributed by atoms with Crippen molar-refractivity contribution in [3.8, 4) is 0 Å². The summed E-state index contributed by atoms with van der Waals surface area (Å²) in [7, 11) is 0. The highest BCUT2D eigenvalue weighted by atomic mass is 14.6. The average Bonchev–Trinajstić information content (AvgIpc) is 2.80. The fraction of sp³-hybridized carbons (Fsp3) is 0.0714. The van der Waals surface area contributed by atoms with Gasteiger partial charge in [-0.3, -0.25) is 9.97 Å². The fourth-order valence-electron chi connectivity index (χ4n) is 2.96. The molecule has 2 nitrogen and oxygen atoms in total. The zero-order chi connectivity index (χ0) is 21.0. The van der Waals surface area contributed by atoms with Gasteiger partial charge in [-0.25, -0.2) is 0 Å². The first-order valence-electron chi connectivity index (χ1n) is 10.1. The van der Waals surface area contributed by atoms with Gasteiger partial charge in [0.15, 0.2) is 0 Å². The summed E-state index contributed by atoms with van der Waals surface area (Å²) in [6.07, 6.45) is 26.3. The van der Waals surface area contributed by atoms with Crippen LogP contribution in [-0.2, 0) is 0 Å². The second kappa shape index (κ2) is 11.3. The van der Waals surface area contributed by atoms with Crippen molar-refractivity contribution >= 4 is 30.4 Å². The predicted octanol–water partition coefficient (Wildman–Crippen LogP) is 7.35. The van der Waals surface area contributed by atoms with Gasteiger partial charge in [-0.1, -0.05) is 54.7 Å². The van der Waals surface area contributed by atoms with Crippen LogP contribution < -0.4 is 0 Å². The Kier molecular flexibility index (Phi) is 7.87. The number of rotatable bonds is 7. The summed E-state index contributed by atoms with van der Waals surface area (Å²) >= 11 is 0. The molecule has 0 saturated heterocycles. The molecule has 0 aliphatic rings. The number of hydrogen-bond donors (Lipinski definition) is 0. The number of benzene rings is 1. The number of nitrogens with zero attached hydrogens (tertiary/aromatic N) is 2. The lowest BCUT2D eigenvalue weighted by molar-refractivity contribution is 1.32. The second-order valence-electron chi connectivity index (χ2n) is 6.78. The highest BCUT2D eigenvalue weighted by Gasteiger charge is 1.97. The van der Waals surface area contributed by atoms with Crippen LogP contribution in [0.25, 0.3) is 30.4 Å². The third-order valence-corrected chi connectivity index (χ3v) is 4.51. The molecule has 0 aliphatic carbocycles. The first kappa shape index (κ1) is 20.9. The summed E-state index contributed by atoms with van der Waals surface area (Å²) in [6.45, 7) is 4.08. The zero-order valence-corrected chi connectivity index (χ0v) is 17.4. The van der Waals surface area contributed by atoms with Gasteiger partial charge in [0, 0.05) is 24.8 Å². The number of hydrogen-bond acceptors (Lipinski definition) is 2. The summed E-state index contributed by atoms with van der Waals surface area (Å²) in [5.41, 5.74) is 6.90. The van der Waals surface area contributed by atoms with E-state index < -0.39 is 0 Å². The zero-order valence-electron chi connectivity index (χ0n) is 17.4. The maximum Gasteiger partial charge on any atom is 0.0273 e. The van der Waals surface area contributed by atoms with E-state index in [0.29, 0.717) is 0 Å². The van der Waals surface area contributed by atoms with Crippen LogP contribution in [0.15, 0.2) is 97.1 Å². The van der Waals surface area contributed by atoms with Crippen LogP contribution in [0, 0.1) is 0 Å². The fourth-order valence-corrected chi connectivity index (χ4v) is 2.96. The molecule has 30 heavy (non-hydrogen) atoms. The molecule has 1 aromatic carbocycles. The lowest BCUT2D eigenvalue weighted by Gasteiger charge is -2.03. The molecular formula is C28H26N2. The highest BCUT2D eigenvalue weighted by Crippen LogP contribution is 2.18. The Balaban J connectivity index is 1.93. The minimum Gasteiger partial charge on any atom is -0.265 e. The van der Waals surface area contributed by atoms with E-state index in [-0.39, 0.29) is 0 Å². The molecule has 0 saturated carbocycles. The van der Waals surface area contributed by atoms with Crippen molar-refractivity contribution < 1.29 is 0 Å². The molecule has 0 fully saturated rings. The molecule has 2 heterocycles. The predicted molar refractivity (Wildman–Crippen MR) is 130 cm³/mol. The van der Waals surface area contributed by atoms with Gasteiger partial charge in [-0.2, -0.15) is 0 Å². The minimum atomic E-state index is 1.13. The SMILES string of the molecule is CC=CC(C=Cc1cc(C=Cc2ccncc2)cc(C=Cc2ccncc2)c1)=CC. The van der Waals surface area contributed by atoms with Gasteiger partial charge in [-0.05, 0) is 89.7 Å². The largest absolute Gasteiger partial charge is 0.265 e. The minimum absolute atomic E-state index is 1.13. The van der Waals surface area contributed by atoms with Gasteiger partial charge in [-0.15, -0.1) is 0 Å². The van der Waals surface area contributed by atoms with Gasteiger partial charge in [0.05, 0.1) is 0 Å². The lowest BCUT2D eigenvalue weighted by atomic mass is 10.0. The molecule has 0 N–H and O–H groups in total. The molecular weight excluding hydrogens is 364 g/mol. The van der Waals surface area contributed by atoms with Gasteiger partial charge in [0.2, 0.25) is 0 Å². The van der Waals surface area contributed by atoms with E-state index in [2.05, 4.69) is 89.8 Å². The van der Waals surface area contributed by atoms with Gasteiger partial charge in [0.1, 0.15) is 0 Å². The number of allylic oxidation sites excluding steroid dienone is 5. The summed E-state index contributed by atoms with van der Waals surface area (Å²) in [6, 6.07) is 14.6. The maximum atomic E-state index is 4.08. The van der Waals surface area contributed by atoms with Crippen molar-refractivity contribution in [1.29, 1.82) is 0 Å². The molecule has 2 aromatic heterocycles. The molecule has 0 aliphatic heterocycles. The Hall–Kier alpha value is -3.78. The normalized spacial score (nSPS) is 12.7. The van der Waals surface area contributed by atoms with Crippen LogP contribution in [0.1, 0.15) is 41.7 Å². The van der Waals surface area contributed by atoms with Crippen LogP contribution >= 0.6 is 0 Å². The summed E-state index contributed by atoms with van der Waals surface area (Å²) in [4.78, 5) is 8.16. The van der Waals surface area contributed by atoms with E-state index in [4.69, 9.17) is 0 Å². The van der Waals surface area contributed by atoms with Crippen LogP contribution in [0.4, 0.5) is 0 Å². The van der Waals surface area contributed by atoms with E-state index in [1.165, 1.54) is 5.57 Å². The van der Waals surface area contributed by atoms with Crippen LogP contribution in [0.2, 0.25) is 0 Å². The molecule has 0 bridgehead atoms. The first-order valence-corrected chi connectivity index (χ1v) is 10.1. The average molecular weight is 391 g/mol. The smallest absolute Gasteiger partial charge is 0.0273 e. The maximum absolute atomic E-state index is 4.08. The number of aromatic nitrogens is 2. The molecule has 0 radical (unpaired) electrons. The van der Waals surface area contributed by atoms with E-state index in [1.807, 2.05) is 56.0 Å². The van der Waals surface area contributed by atoms with Crippen molar-refractivity contribution in [2.45, 2.75) is 13.8 Å². The van der Waals surface area contributed by atoms with Crippen molar-refractivity contribution in [3.05, 3.63) is 125 Å². The summed E-state index contributed by atoms with van der Waals surface area (Å²) in [5, 5.41) is 0. The van der Waals surface area contributed by atoms with Gasteiger partial charge >= 0.3 is 0 Å². The van der Waals surface area contributed by atoms with E-state index >= 15 is 0 Å². The standard InChI is InChI=1S/C28H26N2/c1-3-5-23(4-2)6-9-26-20-27(10-7-24-12-16-29-17-13-24)22-28(21-26)11-8-25-14-18-30-19-15-25/h3-22H,1-2H3. The van der Waals surface area contributed by atoms with Gasteiger partial charge in [0.25, 0.3) is 0 Å². The van der Waals surface area contributed by atoms with E-state index in [1.54, 1.807) is 0 Å². The third-order valence-electron chi connectivity index (χ3n) is 4.51. The summed E-state index contributed by atoms with van der Waals surface area (Å²) < 4.78 is 0. The Bertz CT molecular complexity index is 1020. The van der Waals surface area contributed by atoms with E-state index in [9.17, 15) is 0 Å². The topological polar surface area (TPSA) is 25.8 Å².